The van der Waals surface area contributed by atoms with Crippen LogP contribution in [0.4, 0.5) is 0 Å². The van der Waals surface area contributed by atoms with Crippen LogP contribution >= 0.6 is 7.82 Å². The first-order valence-corrected chi connectivity index (χ1v) is 21.8. The van der Waals surface area contributed by atoms with E-state index >= 15 is 0 Å². The van der Waals surface area contributed by atoms with Gasteiger partial charge in [0.1, 0.15) is 6.61 Å². The van der Waals surface area contributed by atoms with Crippen LogP contribution in [0.2, 0.25) is 0 Å². The molecule has 0 saturated carbocycles. The van der Waals surface area contributed by atoms with Crippen LogP contribution in [0.15, 0.2) is 0 Å². The average molecular weight is 704 g/mol. The molecular weight excluding hydrogens is 627 g/mol. The summed E-state index contributed by atoms with van der Waals surface area (Å²) in [6.45, 7) is 3.62. The van der Waals surface area contributed by atoms with Gasteiger partial charge in [-0.1, -0.05) is 194 Å². The molecule has 0 aromatic carbocycles. The molecule has 8 nitrogen and oxygen atoms in total. The Morgan fingerprint density at radius 2 is 0.792 bits per heavy atom. The van der Waals surface area contributed by atoms with Crippen LogP contribution in [0, 0.1) is 0 Å². The predicted molar refractivity (Wildman–Crippen MR) is 196 cm³/mol. The molecule has 0 aromatic rings. The van der Waals surface area contributed by atoms with E-state index in [1.54, 1.807) is 0 Å². The van der Waals surface area contributed by atoms with Crippen molar-refractivity contribution in [3.63, 3.8) is 0 Å². The van der Waals surface area contributed by atoms with E-state index in [2.05, 4.69) is 18.4 Å². The summed E-state index contributed by atoms with van der Waals surface area (Å²) in [7, 11) is -4.99. The second-order valence-electron chi connectivity index (χ2n) is 14.0. The van der Waals surface area contributed by atoms with Crippen molar-refractivity contribution in [3.05, 3.63) is 0 Å². The SMILES string of the molecule is CCCCCCCCCCCCCCCCCC(=O)OCC(COP(=O)([O-])O)OC(=O)CCCCCCCCCCCCCCCCC. The van der Waals surface area contributed by atoms with Gasteiger partial charge >= 0.3 is 11.9 Å². The van der Waals surface area contributed by atoms with E-state index in [0.29, 0.717) is 6.42 Å². The maximum atomic E-state index is 12.4. The lowest BCUT2D eigenvalue weighted by atomic mass is 10.0. The number of carbonyl (C=O) groups excluding carboxylic acids is 2. The van der Waals surface area contributed by atoms with E-state index in [9.17, 15) is 19.0 Å². The van der Waals surface area contributed by atoms with Crippen molar-refractivity contribution in [3.8, 4) is 0 Å². The Morgan fingerprint density at radius 1 is 0.500 bits per heavy atom. The highest BCUT2D eigenvalue weighted by atomic mass is 31.2. The summed E-state index contributed by atoms with van der Waals surface area (Å²) < 4.78 is 26.1. The summed E-state index contributed by atoms with van der Waals surface area (Å²) in [6.07, 6.45) is 36.5. The molecule has 0 amide bonds. The molecule has 2 unspecified atom stereocenters. The van der Waals surface area contributed by atoms with E-state index in [1.165, 1.54) is 148 Å². The number of phosphoric ester groups is 1. The summed E-state index contributed by atoms with van der Waals surface area (Å²) in [6, 6.07) is 0. The highest BCUT2D eigenvalue weighted by Crippen LogP contribution is 2.30. The van der Waals surface area contributed by atoms with Crippen molar-refractivity contribution in [2.24, 2.45) is 0 Å². The molecule has 0 rings (SSSR count). The van der Waals surface area contributed by atoms with E-state index < -0.39 is 32.5 Å². The Kier molecular flexibility index (Phi) is 35.2. The van der Waals surface area contributed by atoms with Crippen LogP contribution < -0.4 is 4.89 Å². The Balaban J connectivity index is 3.88. The fraction of sp³-hybridized carbons (Fsp3) is 0.949. The van der Waals surface area contributed by atoms with E-state index in [1.807, 2.05) is 0 Å². The molecule has 0 fully saturated rings. The third-order valence-electron chi connectivity index (χ3n) is 9.12. The third-order valence-corrected chi connectivity index (χ3v) is 9.60. The lowest BCUT2D eigenvalue weighted by molar-refractivity contribution is -0.223. The Labute approximate surface area is 295 Å². The van der Waals surface area contributed by atoms with Crippen LogP contribution in [-0.2, 0) is 28.2 Å². The zero-order valence-corrected chi connectivity index (χ0v) is 32.3. The molecule has 0 heterocycles. The lowest BCUT2D eigenvalue weighted by Crippen LogP contribution is -2.30. The van der Waals surface area contributed by atoms with Gasteiger partial charge in [-0.25, -0.2) is 0 Å². The van der Waals surface area contributed by atoms with Crippen LogP contribution in [0.25, 0.3) is 0 Å². The molecule has 286 valence electrons. The van der Waals surface area contributed by atoms with E-state index in [0.717, 1.165) is 38.5 Å². The zero-order chi connectivity index (χ0) is 35.4. The molecule has 1 N–H and O–H groups in total. The molecule has 0 bridgehead atoms. The molecule has 0 aliphatic heterocycles. The van der Waals surface area contributed by atoms with Crippen molar-refractivity contribution in [1.82, 2.24) is 0 Å². The molecular formula is C39H76O8P-. The van der Waals surface area contributed by atoms with Crippen LogP contribution in [-0.4, -0.2) is 36.1 Å². The van der Waals surface area contributed by atoms with Gasteiger partial charge in [-0.2, -0.15) is 0 Å². The van der Waals surface area contributed by atoms with Gasteiger partial charge in [0.05, 0.1) is 6.61 Å². The van der Waals surface area contributed by atoms with Crippen molar-refractivity contribution in [2.45, 2.75) is 225 Å². The molecule has 0 aliphatic carbocycles. The first-order chi connectivity index (χ1) is 23.3. The van der Waals surface area contributed by atoms with Gasteiger partial charge in [-0.05, 0) is 12.8 Å². The second-order valence-corrected chi connectivity index (χ2v) is 15.2. The number of ether oxygens (including phenoxy) is 2. The number of rotatable bonds is 38. The third kappa shape index (κ3) is 37.9. The minimum Gasteiger partial charge on any atom is -0.756 e. The standard InChI is InChI=1S/C39H77O8P/c1-3-5-7-9-11-13-15-17-19-21-23-25-27-29-31-33-38(40)45-35-37(36-46-48(42,43)44)47-39(41)34-32-30-28-26-24-22-20-18-16-14-12-10-8-6-4-2/h37H,3-36H2,1-2H3,(H2,42,43,44)/p-1. The molecule has 0 spiro atoms. The maximum absolute atomic E-state index is 12.4. The van der Waals surface area contributed by atoms with E-state index in [-0.39, 0.29) is 19.4 Å². The monoisotopic (exact) mass is 704 g/mol. The number of carbonyl (C=O) groups is 2. The summed E-state index contributed by atoms with van der Waals surface area (Å²) in [5, 5.41) is 0. The molecule has 0 aromatic heterocycles. The second kappa shape index (κ2) is 35.9. The summed E-state index contributed by atoms with van der Waals surface area (Å²) in [5.41, 5.74) is 0. The highest BCUT2D eigenvalue weighted by molar-refractivity contribution is 7.44. The van der Waals surface area contributed by atoms with Crippen LogP contribution in [0.5, 0.6) is 0 Å². The molecule has 2 atom stereocenters. The van der Waals surface area contributed by atoms with Gasteiger partial charge in [0.2, 0.25) is 0 Å². The molecule has 0 aliphatic rings. The molecule has 9 heteroatoms. The number of phosphoric acid groups is 1. The van der Waals surface area contributed by atoms with Crippen molar-refractivity contribution in [1.29, 1.82) is 0 Å². The largest absolute Gasteiger partial charge is 0.756 e. The Bertz CT molecular complexity index is 756. The van der Waals surface area contributed by atoms with Crippen LogP contribution in [0.3, 0.4) is 0 Å². The lowest BCUT2D eigenvalue weighted by Gasteiger charge is -2.21. The predicted octanol–water partition coefficient (Wildman–Crippen LogP) is 11.4. The zero-order valence-electron chi connectivity index (χ0n) is 31.4. The number of hydrogen-bond donors (Lipinski definition) is 1. The van der Waals surface area contributed by atoms with E-state index in [4.69, 9.17) is 14.4 Å². The minimum absolute atomic E-state index is 0.204. The summed E-state index contributed by atoms with van der Waals surface area (Å²) >= 11 is 0. The topological polar surface area (TPSA) is 122 Å². The van der Waals surface area contributed by atoms with Gasteiger partial charge < -0.3 is 23.8 Å². The molecule has 48 heavy (non-hydrogen) atoms. The molecule has 0 saturated heterocycles. The fourth-order valence-electron chi connectivity index (χ4n) is 6.08. The number of unbranched alkanes of at least 4 members (excludes halogenated alkanes) is 28. The van der Waals surface area contributed by atoms with Crippen molar-refractivity contribution >= 4 is 19.8 Å². The quantitative estimate of drug-likeness (QED) is 0.0383. The van der Waals surface area contributed by atoms with Gasteiger partial charge in [0, 0.05) is 12.8 Å². The average Bonchev–Trinajstić information content (AvgIpc) is 3.05. The smallest absolute Gasteiger partial charge is 0.306 e. The van der Waals surface area contributed by atoms with Crippen molar-refractivity contribution < 1.29 is 37.9 Å². The maximum Gasteiger partial charge on any atom is 0.306 e. The van der Waals surface area contributed by atoms with Gasteiger partial charge in [0.25, 0.3) is 7.82 Å². The first kappa shape index (κ1) is 47.0. The number of hydrogen-bond acceptors (Lipinski definition) is 7. The summed E-state index contributed by atoms with van der Waals surface area (Å²) in [4.78, 5) is 44.6. The Morgan fingerprint density at radius 3 is 1.10 bits per heavy atom. The van der Waals surface area contributed by atoms with Crippen molar-refractivity contribution in [2.75, 3.05) is 13.2 Å². The van der Waals surface area contributed by atoms with Gasteiger partial charge in [0.15, 0.2) is 6.10 Å². The first-order valence-electron chi connectivity index (χ1n) is 20.3. The van der Waals surface area contributed by atoms with Gasteiger partial charge in [-0.3, -0.25) is 14.2 Å². The molecule has 0 radical (unpaired) electrons. The number of esters is 2. The van der Waals surface area contributed by atoms with Crippen LogP contribution in [0.1, 0.15) is 219 Å². The van der Waals surface area contributed by atoms with Gasteiger partial charge in [-0.15, -0.1) is 0 Å². The summed E-state index contributed by atoms with van der Waals surface area (Å²) in [5.74, 6) is -0.905. The fourth-order valence-corrected chi connectivity index (χ4v) is 6.43. The highest BCUT2D eigenvalue weighted by Gasteiger charge is 2.19. The normalized spacial score (nSPS) is 13.3. The minimum atomic E-state index is -4.99. The Hall–Kier alpha value is -0.950.